The third-order valence-corrected chi connectivity index (χ3v) is 3.10. The van der Waals surface area contributed by atoms with Crippen LogP contribution in [0.5, 0.6) is 0 Å². The number of aromatic amines is 1. The molecule has 0 amide bonds. The van der Waals surface area contributed by atoms with E-state index in [2.05, 4.69) is 20.6 Å². The van der Waals surface area contributed by atoms with Crippen molar-refractivity contribution in [2.75, 3.05) is 25.0 Å². The second-order valence-electron chi connectivity index (χ2n) is 4.52. The Bertz CT molecular complexity index is 409. The Hall–Kier alpha value is -1.36. The summed E-state index contributed by atoms with van der Waals surface area (Å²) >= 11 is 0. The molecule has 3 N–H and O–H groups in total. The number of nitrogens with zero attached hydrogens (tertiary/aromatic N) is 1. The molecule has 0 aromatic carbocycles. The first-order valence-electron chi connectivity index (χ1n) is 6.32. The third kappa shape index (κ3) is 3.56. The van der Waals surface area contributed by atoms with Crippen LogP contribution in [0.3, 0.4) is 0 Å². The molecular formula is C12H20N4O. The average molecular weight is 236 g/mol. The van der Waals surface area contributed by atoms with Gasteiger partial charge in [-0.1, -0.05) is 6.92 Å². The van der Waals surface area contributed by atoms with Gasteiger partial charge in [-0.05, 0) is 31.8 Å². The number of anilines is 1. The van der Waals surface area contributed by atoms with E-state index in [9.17, 15) is 4.79 Å². The van der Waals surface area contributed by atoms with E-state index >= 15 is 0 Å². The second kappa shape index (κ2) is 5.82. The van der Waals surface area contributed by atoms with Crippen LogP contribution in [-0.4, -0.2) is 29.6 Å². The lowest BCUT2D eigenvalue weighted by Gasteiger charge is -2.23. The van der Waals surface area contributed by atoms with Gasteiger partial charge in [0, 0.05) is 19.0 Å². The van der Waals surface area contributed by atoms with Gasteiger partial charge in [0.2, 0.25) is 0 Å². The Kier molecular flexibility index (Phi) is 4.14. The summed E-state index contributed by atoms with van der Waals surface area (Å²) in [6.07, 6.45) is 3.22. The minimum atomic E-state index is -0.0823. The van der Waals surface area contributed by atoms with Gasteiger partial charge >= 0.3 is 0 Å². The molecule has 5 heteroatoms. The Labute approximate surface area is 101 Å². The SMILES string of the molecule is CCc1nc(NCC2CCCNC2)cc(=O)[nH]1. The first-order valence-corrected chi connectivity index (χ1v) is 6.32. The number of aromatic nitrogens is 2. The fraction of sp³-hybridized carbons (Fsp3) is 0.667. The fourth-order valence-corrected chi connectivity index (χ4v) is 2.11. The molecule has 0 spiro atoms. The van der Waals surface area contributed by atoms with Crippen LogP contribution in [0, 0.1) is 5.92 Å². The van der Waals surface area contributed by atoms with Crippen LogP contribution in [0.4, 0.5) is 5.82 Å². The van der Waals surface area contributed by atoms with Crippen molar-refractivity contribution in [1.29, 1.82) is 0 Å². The third-order valence-electron chi connectivity index (χ3n) is 3.10. The van der Waals surface area contributed by atoms with Crippen LogP contribution in [0.1, 0.15) is 25.6 Å². The van der Waals surface area contributed by atoms with Gasteiger partial charge < -0.3 is 15.6 Å². The minimum Gasteiger partial charge on any atom is -0.370 e. The van der Waals surface area contributed by atoms with Crippen LogP contribution < -0.4 is 16.2 Å². The van der Waals surface area contributed by atoms with Gasteiger partial charge in [0.25, 0.3) is 5.56 Å². The zero-order chi connectivity index (χ0) is 12.1. The summed E-state index contributed by atoms with van der Waals surface area (Å²) in [5.41, 5.74) is -0.0823. The van der Waals surface area contributed by atoms with E-state index in [0.29, 0.717) is 11.7 Å². The van der Waals surface area contributed by atoms with Crippen LogP contribution in [-0.2, 0) is 6.42 Å². The fourth-order valence-electron chi connectivity index (χ4n) is 2.11. The average Bonchev–Trinajstić information content (AvgIpc) is 2.37. The van der Waals surface area contributed by atoms with Gasteiger partial charge in [0.15, 0.2) is 0 Å². The van der Waals surface area contributed by atoms with E-state index in [1.807, 2.05) is 6.92 Å². The summed E-state index contributed by atoms with van der Waals surface area (Å²) in [4.78, 5) is 18.4. The predicted molar refractivity (Wildman–Crippen MR) is 68.3 cm³/mol. The standard InChI is InChI=1S/C12H20N4O/c1-2-10-15-11(6-12(17)16-10)14-8-9-4-3-5-13-7-9/h6,9,13H,2-5,7-8H2,1H3,(H2,14,15,16,17). The Morgan fingerprint density at radius 2 is 2.47 bits per heavy atom. The highest BCUT2D eigenvalue weighted by molar-refractivity contribution is 5.32. The molecule has 1 fully saturated rings. The van der Waals surface area contributed by atoms with Crippen LogP contribution in [0.2, 0.25) is 0 Å². The molecule has 1 aromatic heterocycles. The molecule has 1 aliphatic rings. The lowest BCUT2D eigenvalue weighted by atomic mass is 10.00. The summed E-state index contributed by atoms with van der Waals surface area (Å²) in [5.74, 6) is 2.06. The van der Waals surface area contributed by atoms with Crippen molar-refractivity contribution in [2.45, 2.75) is 26.2 Å². The molecule has 1 saturated heterocycles. The molecule has 17 heavy (non-hydrogen) atoms. The molecule has 94 valence electrons. The van der Waals surface area contributed by atoms with Gasteiger partial charge in [0.05, 0.1) is 0 Å². The monoisotopic (exact) mass is 236 g/mol. The van der Waals surface area contributed by atoms with Crippen LogP contribution in [0.15, 0.2) is 10.9 Å². The lowest BCUT2D eigenvalue weighted by Crippen LogP contribution is -2.33. The van der Waals surface area contributed by atoms with Gasteiger partial charge in [-0.25, -0.2) is 4.98 Å². The molecule has 0 saturated carbocycles. The first-order chi connectivity index (χ1) is 8.28. The van der Waals surface area contributed by atoms with Gasteiger partial charge in [-0.15, -0.1) is 0 Å². The number of piperidine rings is 1. The molecule has 1 unspecified atom stereocenters. The summed E-state index contributed by atoms with van der Waals surface area (Å²) in [7, 11) is 0. The highest BCUT2D eigenvalue weighted by Crippen LogP contribution is 2.10. The molecule has 0 aliphatic carbocycles. The summed E-state index contributed by atoms with van der Waals surface area (Å²) in [5, 5.41) is 6.64. The number of H-pyrrole nitrogens is 1. The van der Waals surface area contributed by atoms with Crippen molar-refractivity contribution in [2.24, 2.45) is 5.92 Å². The molecule has 2 heterocycles. The Morgan fingerprint density at radius 1 is 1.59 bits per heavy atom. The summed E-state index contributed by atoms with van der Waals surface area (Å²) in [6, 6.07) is 1.52. The van der Waals surface area contributed by atoms with Crippen molar-refractivity contribution in [3.8, 4) is 0 Å². The van der Waals surface area contributed by atoms with Crippen LogP contribution >= 0.6 is 0 Å². The van der Waals surface area contributed by atoms with Crippen molar-refractivity contribution in [3.63, 3.8) is 0 Å². The van der Waals surface area contributed by atoms with E-state index in [-0.39, 0.29) is 5.56 Å². The quantitative estimate of drug-likeness (QED) is 0.721. The van der Waals surface area contributed by atoms with Gasteiger partial charge in [-0.2, -0.15) is 0 Å². The highest BCUT2D eigenvalue weighted by atomic mass is 16.1. The molecule has 2 rings (SSSR count). The van der Waals surface area contributed by atoms with E-state index in [4.69, 9.17) is 0 Å². The zero-order valence-corrected chi connectivity index (χ0v) is 10.3. The van der Waals surface area contributed by atoms with Crippen molar-refractivity contribution >= 4 is 5.82 Å². The first kappa shape index (κ1) is 12.1. The number of rotatable bonds is 4. The lowest BCUT2D eigenvalue weighted by molar-refractivity contribution is 0.392. The van der Waals surface area contributed by atoms with Crippen LogP contribution in [0.25, 0.3) is 0 Å². The molecular weight excluding hydrogens is 216 g/mol. The topological polar surface area (TPSA) is 69.8 Å². The maximum absolute atomic E-state index is 11.4. The highest BCUT2D eigenvalue weighted by Gasteiger charge is 2.12. The van der Waals surface area contributed by atoms with E-state index < -0.39 is 0 Å². The molecule has 5 nitrogen and oxygen atoms in total. The smallest absolute Gasteiger partial charge is 0.252 e. The Morgan fingerprint density at radius 3 is 3.18 bits per heavy atom. The number of hydrogen-bond donors (Lipinski definition) is 3. The molecule has 1 aromatic rings. The number of aryl methyl sites for hydroxylation is 1. The predicted octanol–water partition coefficient (Wildman–Crippen LogP) is 0.744. The van der Waals surface area contributed by atoms with E-state index in [0.717, 1.165) is 31.9 Å². The summed E-state index contributed by atoms with van der Waals surface area (Å²) < 4.78 is 0. The van der Waals surface area contributed by atoms with Crippen molar-refractivity contribution in [1.82, 2.24) is 15.3 Å². The number of hydrogen-bond acceptors (Lipinski definition) is 4. The van der Waals surface area contributed by atoms with Crippen molar-refractivity contribution < 1.29 is 0 Å². The molecule has 0 bridgehead atoms. The molecule has 0 radical (unpaired) electrons. The van der Waals surface area contributed by atoms with Crippen molar-refractivity contribution in [3.05, 3.63) is 22.2 Å². The van der Waals surface area contributed by atoms with Gasteiger partial charge in [0.1, 0.15) is 11.6 Å². The minimum absolute atomic E-state index is 0.0823. The summed E-state index contributed by atoms with van der Waals surface area (Å²) in [6.45, 7) is 5.04. The Balaban J connectivity index is 1.93. The van der Waals surface area contributed by atoms with Gasteiger partial charge in [-0.3, -0.25) is 4.79 Å². The zero-order valence-electron chi connectivity index (χ0n) is 10.3. The van der Waals surface area contributed by atoms with E-state index in [1.54, 1.807) is 0 Å². The normalized spacial score (nSPS) is 20.2. The largest absolute Gasteiger partial charge is 0.370 e. The number of nitrogens with one attached hydrogen (secondary N) is 3. The molecule has 1 atom stereocenters. The molecule has 1 aliphatic heterocycles. The van der Waals surface area contributed by atoms with E-state index in [1.165, 1.54) is 18.9 Å². The second-order valence-corrected chi connectivity index (χ2v) is 4.52. The maximum atomic E-state index is 11.4. The maximum Gasteiger partial charge on any atom is 0.252 e.